The van der Waals surface area contributed by atoms with E-state index in [4.69, 9.17) is 0 Å². The van der Waals surface area contributed by atoms with Gasteiger partial charge in [-0.3, -0.25) is 9.36 Å². The average molecular weight is 381 g/mol. The van der Waals surface area contributed by atoms with Crippen molar-refractivity contribution in [1.82, 2.24) is 19.4 Å². The molecule has 1 saturated heterocycles. The van der Waals surface area contributed by atoms with Gasteiger partial charge in [0.1, 0.15) is 5.82 Å². The number of carbonyl (C=O) groups is 1. The molecule has 1 fully saturated rings. The molecule has 6 heteroatoms. The summed E-state index contributed by atoms with van der Waals surface area (Å²) in [6.07, 6.45) is 2.07. The number of aromatic nitrogens is 2. The summed E-state index contributed by atoms with van der Waals surface area (Å²) in [7, 11) is 2.09. The molecule has 3 aromatic rings. The van der Waals surface area contributed by atoms with Crippen molar-refractivity contribution in [2.45, 2.75) is 11.8 Å². The first-order chi connectivity index (χ1) is 13.1. The van der Waals surface area contributed by atoms with Gasteiger partial charge in [0, 0.05) is 42.3 Å². The van der Waals surface area contributed by atoms with Crippen molar-refractivity contribution in [3.05, 3.63) is 53.9 Å². The molecule has 0 saturated carbocycles. The zero-order valence-corrected chi connectivity index (χ0v) is 16.8. The highest BCUT2D eigenvalue weighted by Crippen LogP contribution is 2.25. The van der Waals surface area contributed by atoms with E-state index in [1.54, 1.807) is 11.8 Å². The van der Waals surface area contributed by atoms with Crippen LogP contribution in [0.15, 0.2) is 47.4 Å². The lowest BCUT2D eigenvalue weighted by Crippen LogP contribution is -2.47. The molecular formula is C21H24N4OS. The summed E-state index contributed by atoms with van der Waals surface area (Å²) < 4.78 is 2.13. The zero-order valence-electron chi connectivity index (χ0n) is 16.0. The van der Waals surface area contributed by atoms with Crippen molar-refractivity contribution in [1.29, 1.82) is 0 Å². The molecule has 1 aliphatic rings. The Morgan fingerprint density at radius 2 is 1.74 bits per heavy atom. The second-order valence-electron chi connectivity index (χ2n) is 6.99. The Hall–Kier alpha value is -2.31. The third kappa shape index (κ3) is 3.47. The van der Waals surface area contributed by atoms with E-state index in [0.717, 1.165) is 54.3 Å². The van der Waals surface area contributed by atoms with Crippen molar-refractivity contribution in [3.63, 3.8) is 0 Å². The number of rotatable bonds is 3. The first-order valence-corrected chi connectivity index (χ1v) is 10.4. The predicted octanol–water partition coefficient (Wildman–Crippen LogP) is 3.44. The van der Waals surface area contributed by atoms with Crippen molar-refractivity contribution in [2.75, 3.05) is 39.5 Å². The third-order valence-electron chi connectivity index (χ3n) is 5.19. The summed E-state index contributed by atoms with van der Waals surface area (Å²) in [6, 6.07) is 14.3. The predicted molar refractivity (Wildman–Crippen MR) is 111 cm³/mol. The maximum absolute atomic E-state index is 13.0. The normalized spacial score (nSPS) is 15.4. The van der Waals surface area contributed by atoms with Crippen molar-refractivity contribution < 1.29 is 4.79 Å². The minimum absolute atomic E-state index is 0.105. The minimum atomic E-state index is 0.105. The molecule has 5 nitrogen and oxygen atoms in total. The molecule has 2 aromatic carbocycles. The molecule has 1 aliphatic heterocycles. The van der Waals surface area contributed by atoms with Crippen LogP contribution in [0.2, 0.25) is 0 Å². The summed E-state index contributed by atoms with van der Waals surface area (Å²) in [4.78, 5) is 23.1. The first-order valence-electron chi connectivity index (χ1n) is 9.18. The Morgan fingerprint density at radius 3 is 2.41 bits per heavy atom. The molecule has 0 radical (unpaired) electrons. The largest absolute Gasteiger partial charge is 0.336 e. The number of thioether (sulfide) groups is 1. The maximum atomic E-state index is 13.0. The van der Waals surface area contributed by atoms with Crippen LogP contribution in [0.5, 0.6) is 0 Å². The highest BCUT2D eigenvalue weighted by atomic mass is 32.2. The lowest BCUT2D eigenvalue weighted by molar-refractivity contribution is 0.0664. The number of hydrogen-bond acceptors (Lipinski definition) is 4. The Bertz CT molecular complexity index is 972. The number of fused-ring (bicyclic) bond motifs is 1. The first kappa shape index (κ1) is 18.1. The molecule has 0 N–H and O–H groups in total. The summed E-state index contributed by atoms with van der Waals surface area (Å²) in [5, 5.41) is 0. The molecule has 140 valence electrons. The second kappa shape index (κ2) is 7.37. The summed E-state index contributed by atoms with van der Waals surface area (Å²) in [5.74, 6) is 1.03. The van der Waals surface area contributed by atoms with E-state index in [1.807, 2.05) is 30.0 Å². The number of likely N-dealkylation sites (N-methyl/N-ethyl adjacent to an activating group) is 1. The van der Waals surface area contributed by atoms with Gasteiger partial charge in [0.15, 0.2) is 0 Å². The quantitative estimate of drug-likeness (QED) is 0.653. The van der Waals surface area contributed by atoms with Crippen LogP contribution in [0.3, 0.4) is 0 Å². The lowest BCUT2D eigenvalue weighted by Gasteiger charge is -2.32. The van der Waals surface area contributed by atoms with E-state index in [-0.39, 0.29) is 5.91 Å². The SMILES string of the molecule is CSc1ccc(-n2c(C)nc3ccc(C(=O)N4CCN(C)CC4)cc32)cc1. The number of amides is 1. The highest BCUT2D eigenvalue weighted by Gasteiger charge is 2.21. The molecule has 4 rings (SSSR count). The van der Waals surface area contributed by atoms with Gasteiger partial charge in [0.25, 0.3) is 5.91 Å². The van der Waals surface area contributed by atoms with E-state index in [2.05, 4.69) is 52.0 Å². The Balaban J connectivity index is 1.72. The highest BCUT2D eigenvalue weighted by molar-refractivity contribution is 7.98. The van der Waals surface area contributed by atoms with E-state index in [9.17, 15) is 4.79 Å². The van der Waals surface area contributed by atoms with E-state index < -0.39 is 0 Å². The fraction of sp³-hybridized carbons (Fsp3) is 0.333. The van der Waals surface area contributed by atoms with Gasteiger partial charge in [0.2, 0.25) is 0 Å². The molecule has 27 heavy (non-hydrogen) atoms. The van der Waals surface area contributed by atoms with Gasteiger partial charge in [-0.1, -0.05) is 0 Å². The zero-order chi connectivity index (χ0) is 19.0. The van der Waals surface area contributed by atoms with Crippen molar-refractivity contribution in [2.24, 2.45) is 0 Å². The van der Waals surface area contributed by atoms with Gasteiger partial charge in [-0.25, -0.2) is 4.98 Å². The van der Waals surface area contributed by atoms with Gasteiger partial charge >= 0.3 is 0 Å². The van der Waals surface area contributed by atoms with E-state index in [1.165, 1.54) is 4.90 Å². The number of piperazine rings is 1. The van der Waals surface area contributed by atoms with Gasteiger partial charge in [-0.15, -0.1) is 11.8 Å². The van der Waals surface area contributed by atoms with Gasteiger partial charge < -0.3 is 9.80 Å². The van der Waals surface area contributed by atoms with Crippen LogP contribution in [0, 0.1) is 6.92 Å². The summed E-state index contributed by atoms with van der Waals surface area (Å²) >= 11 is 1.73. The molecule has 0 spiro atoms. The van der Waals surface area contributed by atoms with Gasteiger partial charge in [-0.05, 0) is 62.7 Å². The smallest absolute Gasteiger partial charge is 0.254 e. The Morgan fingerprint density at radius 1 is 1.04 bits per heavy atom. The number of imidazole rings is 1. The molecule has 0 bridgehead atoms. The summed E-state index contributed by atoms with van der Waals surface area (Å²) in [5.41, 5.74) is 3.69. The minimum Gasteiger partial charge on any atom is -0.336 e. The molecule has 0 atom stereocenters. The number of benzene rings is 2. The number of carbonyl (C=O) groups excluding carboxylic acids is 1. The monoisotopic (exact) mass is 380 g/mol. The number of aryl methyl sites for hydroxylation is 1. The van der Waals surface area contributed by atoms with Crippen LogP contribution in [0.1, 0.15) is 16.2 Å². The molecular weight excluding hydrogens is 356 g/mol. The topological polar surface area (TPSA) is 41.4 Å². The van der Waals surface area contributed by atoms with Crippen LogP contribution in [-0.2, 0) is 0 Å². The standard InChI is InChI=1S/C21H24N4OS/c1-15-22-19-9-4-16(21(26)24-12-10-23(2)11-13-24)14-20(19)25(15)17-5-7-18(27-3)8-6-17/h4-9,14H,10-13H2,1-3H3. The fourth-order valence-corrected chi connectivity index (χ4v) is 3.99. The second-order valence-corrected chi connectivity index (χ2v) is 7.87. The molecule has 2 heterocycles. The average Bonchev–Trinajstić information content (AvgIpc) is 3.03. The van der Waals surface area contributed by atoms with Gasteiger partial charge in [0.05, 0.1) is 11.0 Å². The Kier molecular flexibility index (Phi) is 4.93. The Labute approximate surface area is 164 Å². The van der Waals surface area contributed by atoms with Crippen LogP contribution in [0.4, 0.5) is 0 Å². The van der Waals surface area contributed by atoms with E-state index in [0.29, 0.717) is 0 Å². The molecule has 0 unspecified atom stereocenters. The van der Waals surface area contributed by atoms with Crippen LogP contribution in [0.25, 0.3) is 16.7 Å². The number of hydrogen-bond donors (Lipinski definition) is 0. The van der Waals surface area contributed by atoms with E-state index >= 15 is 0 Å². The van der Waals surface area contributed by atoms with Crippen LogP contribution < -0.4 is 0 Å². The number of nitrogens with zero attached hydrogens (tertiary/aromatic N) is 4. The summed E-state index contributed by atoms with van der Waals surface area (Å²) in [6.45, 7) is 5.41. The molecule has 0 aliphatic carbocycles. The van der Waals surface area contributed by atoms with Crippen LogP contribution in [-0.4, -0.2) is 64.7 Å². The molecule has 1 aromatic heterocycles. The van der Waals surface area contributed by atoms with Crippen molar-refractivity contribution >= 4 is 28.7 Å². The lowest BCUT2D eigenvalue weighted by atomic mass is 10.1. The van der Waals surface area contributed by atoms with Crippen molar-refractivity contribution in [3.8, 4) is 5.69 Å². The maximum Gasteiger partial charge on any atom is 0.254 e. The molecule has 1 amide bonds. The van der Waals surface area contributed by atoms with Crippen LogP contribution >= 0.6 is 11.8 Å². The van der Waals surface area contributed by atoms with Gasteiger partial charge in [-0.2, -0.15) is 0 Å². The fourth-order valence-electron chi connectivity index (χ4n) is 3.58. The third-order valence-corrected chi connectivity index (χ3v) is 5.93.